The highest BCUT2D eigenvalue weighted by atomic mass is 79.9. The van der Waals surface area contributed by atoms with Gasteiger partial charge in [-0.3, -0.25) is 10.1 Å². The van der Waals surface area contributed by atoms with E-state index in [2.05, 4.69) is 46.5 Å². The normalized spacial score (nSPS) is 10.3. The van der Waals surface area contributed by atoms with Crippen LogP contribution in [0, 0.1) is 6.92 Å². The van der Waals surface area contributed by atoms with Crippen molar-refractivity contribution >= 4 is 54.4 Å². The van der Waals surface area contributed by atoms with Crippen LogP contribution >= 0.6 is 43.4 Å². The molecule has 0 saturated carbocycles. The van der Waals surface area contributed by atoms with Crippen LogP contribution < -0.4 is 5.32 Å². The molecule has 0 aliphatic rings. The molecule has 1 amide bonds. The van der Waals surface area contributed by atoms with E-state index in [1.54, 1.807) is 13.0 Å². The fourth-order valence-electron chi connectivity index (χ4n) is 1.18. The molecule has 0 saturated heterocycles. The van der Waals surface area contributed by atoms with Crippen molar-refractivity contribution in [1.82, 2.24) is 9.36 Å². The molecule has 88 valence electrons. The Morgan fingerprint density at radius 2 is 2.18 bits per heavy atom. The fourth-order valence-corrected chi connectivity index (χ4v) is 2.54. The predicted molar refractivity (Wildman–Crippen MR) is 74.4 cm³/mol. The van der Waals surface area contributed by atoms with E-state index in [0.29, 0.717) is 16.5 Å². The zero-order chi connectivity index (χ0) is 12.4. The molecular weight excluding hydrogens is 370 g/mol. The van der Waals surface area contributed by atoms with Crippen LogP contribution in [0.15, 0.2) is 27.1 Å². The third kappa shape index (κ3) is 3.11. The molecular formula is C10H7Br2N3OS. The van der Waals surface area contributed by atoms with Crippen LogP contribution in [0.1, 0.15) is 16.2 Å². The number of halogens is 2. The number of carbonyl (C=O) groups excluding carboxylic acids is 1. The van der Waals surface area contributed by atoms with E-state index in [0.717, 1.165) is 20.5 Å². The largest absolute Gasteiger partial charge is 0.297 e. The molecule has 0 fully saturated rings. The van der Waals surface area contributed by atoms with E-state index in [1.807, 2.05) is 12.1 Å². The van der Waals surface area contributed by atoms with Crippen LogP contribution in [0.25, 0.3) is 0 Å². The smallest absolute Gasteiger partial charge is 0.258 e. The van der Waals surface area contributed by atoms with Gasteiger partial charge in [-0.1, -0.05) is 15.9 Å². The zero-order valence-corrected chi connectivity index (χ0v) is 12.7. The van der Waals surface area contributed by atoms with E-state index < -0.39 is 0 Å². The number of benzene rings is 1. The van der Waals surface area contributed by atoms with E-state index in [-0.39, 0.29) is 5.91 Å². The average molecular weight is 377 g/mol. The van der Waals surface area contributed by atoms with E-state index in [1.165, 1.54) is 0 Å². The molecule has 0 radical (unpaired) electrons. The number of carbonyl (C=O) groups is 1. The van der Waals surface area contributed by atoms with Gasteiger partial charge in [-0.15, -0.1) is 0 Å². The standard InChI is InChI=1S/C10H7Br2N3OS/c1-5-13-10(17-15-5)14-9(16)7-4-6(11)2-3-8(7)12/h2-4H,1H3,(H,13,14,15,16). The lowest BCUT2D eigenvalue weighted by molar-refractivity contribution is 0.102. The van der Waals surface area contributed by atoms with Crippen molar-refractivity contribution in [2.24, 2.45) is 0 Å². The van der Waals surface area contributed by atoms with Crippen molar-refractivity contribution in [2.75, 3.05) is 5.32 Å². The Balaban J connectivity index is 2.22. The first-order chi connectivity index (χ1) is 8.06. The number of amides is 1. The maximum atomic E-state index is 12.0. The Kier molecular flexibility index (Phi) is 3.90. The summed E-state index contributed by atoms with van der Waals surface area (Å²) in [5.74, 6) is 0.438. The summed E-state index contributed by atoms with van der Waals surface area (Å²) in [6.07, 6.45) is 0. The molecule has 4 nitrogen and oxygen atoms in total. The van der Waals surface area contributed by atoms with Gasteiger partial charge in [-0.2, -0.15) is 4.37 Å². The molecule has 17 heavy (non-hydrogen) atoms. The summed E-state index contributed by atoms with van der Waals surface area (Å²) < 4.78 is 5.58. The monoisotopic (exact) mass is 375 g/mol. The molecule has 2 aromatic rings. The summed E-state index contributed by atoms with van der Waals surface area (Å²) in [5.41, 5.74) is 0.548. The van der Waals surface area contributed by atoms with Crippen LogP contribution in [0.3, 0.4) is 0 Å². The van der Waals surface area contributed by atoms with Crippen LogP contribution in [0.5, 0.6) is 0 Å². The molecule has 1 aromatic carbocycles. The molecule has 0 spiro atoms. The van der Waals surface area contributed by atoms with Crippen LogP contribution in [-0.2, 0) is 0 Å². The molecule has 1 N–H and O–H groups in total. The Morgan fingerprint density at radius 3 is 2.82 bits per heavy atom. The van der Waals surface area contributed by atoms with Gasteiger partial charge < -0.3 is 0 Å². The van der Waals surface area contributed by atoms with Crippen LogP contribution in [0.2, 0.25) is 0 Å². The molecule has 1 aromatic heterocycles. The van der Waals surface area contributed by atoms with Gasteiger partial charge >= 0.3 is 0 Å². The lowest BCUT2D eigenvalue weighted by atomic mass is 10.2. The van der Waals surface area contributed by atoms with Gasteiger partial charge in [0.2, 0.25) is 5.13 Å². The summed E-state index contributed by atoms with van der Waals surface area (Å²) in [6.45, 7) is 1.78. The summed E-state index contributed by atoms with van der Waals surface area (Å²) in [4.78, 5) is 16.1. The van der Waals surface area contributed by atoms with Crippen molar-refractivity contribution < 1.29 is 4.79 Å². The number of nitrogens with zero attached hydrogens (tertiary/aromatic N) is 2. The maximum Gasteiger partial charge on any atom is 0.258 e. The van der Waals surface area contributed by atoms with Crippen molar-refractivity contribution in [1.29, 1.82) is 0 Å². The topological polar surface area (TPSA) is 54.9 Å². The van der Waals surface area contributed by atoms with Crippen LogP contribution in [-0.4, -0.2) is 15.3 Å². The molecule has 0 aliphatic carbocycles. The SMILES string of the molecule is Cc1nsc(NC(=O)c2cc(Br)ccc2Br)n1. The Labute approximate surface area is 119 Å². The number of aryl methyl sites for hydroxylation is 1. The second-order valence-electron chi connectivity index (χ2n) is 3.23. The van der Waals surface area contributed by atoms with Crippen molar-refractivity contribution in [3.8, 4) is 0 Å². The number of rotatable bonds is 2. The molecule has 0 unspecified atom stereocenters. The maximum absolute atomic E-state index is 12.0. The minimum atomic E-state index is -0.214. The highest BCUT2D eigenvalue weighted by Crippen LogP contribution is 2.23. The number of hydrogen-bond donors (Lipinski definition) is 1. The lowest BCUT2D eigenvalue weighted by Crippen LogP contribution is -2.12. The second-order valence-corrected chi connectivity index (χ2v) is 5.75. The van der Waals surface area contributed by atoms with Gasteiger partial charge in [-0.05, 0) is 41.1 Å². The quantitative estimate of drug-likeness (QED) is 0.870. The molecule has 1 heterocycles. The minimum Gasteiger partial charge on any atom is -0.297 e. The third-order valence-corrected chi connectivity index (χ3v) is 3.83. The Hall–Kier alpha value is -0.790. The van der Waals surface area contributed by atoms with Gasteiger partial charge in [0.1, 0.15) is 5.82 Å². The van der Waals surface area contributed by atoms with Gasteiger partial charge in [-0.25, -0.2) is 4.98 Å². The third-order valence-electron chi connectivity index (χ3n) is 1.92. The van der Waals surface area contributed by atoms with Crippen molar-refractivity contribution in [3.63, 3.8) is 0 Å². The Morgan fingerprint density at radius 1 is 1.41 bits per heavy atom. The molecule has 0 atom stereocenters. The Bertz CT molecular complexity index is 570. The number of anilines is 1. The minimum absolute atomic E-state index is 0.214. The van der Waals surface area contributed by atoms with E-state index >= 15 is 0 Å². The first-order valence-corrected chi connectivity index (χ1v) is 6.99. The first-order valence-electron chi connectivity index (χ1n) is 4.63. The van der Waals surface area contributed by atoms with Gasteiger partial charge in [0, 0.05) is 20.5 Å². The zero-order valence-electron chi connectivity index (χ0n) is 8.70. The van der Waals surface area contributed by atoms with Crippen molar-refractivity contribution in [3.05, 3.63) is 38.5 Å². The lowest BCUT2D eigenvalue weighted by Gasteiger charge is -2.04. The number of aromatic nitrogens is 2. The molecule has 2 rings (SSSR count). The highest BCUT2D eigenvalue weighted by Gasteiger charge is 2.12. The molecule has 0 aliphatic heterocycles. The summed E-state index contributed by atoms with van der Waals surface area (Å²) in [6, 6.07) is 5.41. The summed E-state index contributed by atoms with van der Waals surface area (Å²) in [5, 5.41) is 3.20. The van der Waals surface area contributed by atoms with Gasteiger partial charge in [0.05, 0.1) is 5.56 Å². The van der Waals surface area contributed by atoms with Crippen molar-refractivity contribution in [2.45, 2.75) is 6.92 Å². The number of nitrogens with one attached hydrogen (secondary N) is 1. The van der Waals surface area contributed by atoms with E-state index in [4.69, 9.17) is 0 Å². The average Bonchev–Trinajstić information content (AvgIpc) is 2.67. The van der Waals surface area contributed by atoms with Crippen LogP contribution in [0.4, 0.5) is 5.13 Å². The summed E-state index contributed by atoms with van der Waals surface area (Å²) >= 11 is 7.83. The second kappa shape index (κ2) is 5.24. The van der Waals surface area contributed by atoms with E-state index in [9.17, 15) is 4.79 Å². The predicted octanol–water partition coefficient (Wildman–Crippen LogP) is 3.62. The highest BCUT2D eigenvalue weighted by molar-refractivity contribution is 9.11. The van der Waals surface area contributed by atoms with Gasteiger partial charge in [0.25, 0.3) is 5.91 Å². The molecule has 7 heteroatoms. The van der Waals surface area contributed by atoms with Gasteiger partial charge in [0.15, 0.2) is 0 Å². The number of hydrogen-bond acceptors (Lipinski definition) is 4. The summed E-state index contributed by atoms with van der Waals surface area (Å²) in [7, 11) is 0. The fraction of sp³-hybridized carbons (Fsp3) is 0.100. The molecule has 0 bridgehead atoms. The first kappa shape index (κ1) is 12.7.